The number of benzene rings is 2. The van der Waals surface area contributed by atoms with E-state index < -0.39 is 29.1 Å². The van der Waals surface area contributed by atoms with Crippen LogP contribution in [-0.4, -0.2) is 20.3 Å². The average Bonchev–Trinajstić information content (AvgIpc) is 2.68. The van der Waals surface area contributed by atoms with Gasteiger partial charge in [0.15, 0.2) is 11.5 Å². The lowest BCUT2D eigenvalue weighted by atomic mass is 9.80. The Bertz CT molecular complexity index is 905. The van der Waals surface area contributed by atoms with Gasteiger partial charge in [-0.2, -0.15) is 13.2 Å². The molecule has 28 heavy (non-hydrogen) atoms. The largest absolute Gasteiger partial charge is 0.494 e. The van der Waals surface area contributed by atoms with Gasteiger partial charge in [0.05, 0.1) is 13.2 Å². The average molecular weight is 396 g/mol. The molecule has 1 aliphatic carbocycles. The fraction of sp³-hybridized carbons (Fsp3) is 0.429. The summed E-state index contributed by atoms with van der Waals surface area (Å²) >= 11 is 0. The van der Waals surface area contributed by atoms with Gasteiger partial charge in [-0.3, -0.25) is 0 Å². The lowest BCUT2D eigenvalue weighted by Gasteiger charge is -2.32. The Morgan fingerprint density at radius 2 is 1.61 bits per heavy atom. The summed E-state index contributed by atoms with van der Waals surface area (Å²) < 4.78 is 73.9. The van der Waals surface area contributed by atoms with Gasteiger partial charge in [0.25, 0.3) is 0 Å². The SMILES string of the molecule is COc1ccc2c(c1F)OC(F)(F)c1c-2ccc(C2CCC(OC)CC2)c1F. The van der Waals surface area contributed by atoms with Crippen molar-refractivity contribution in [3.63, 3.8) is 0 Å². The highest BCUT2D eigenvalue weighted by molar-refractivity contribution is 5.78. The van der Waals surface area contributed by atoms with E-state index in [0.717, 1.165) is 12.8 Å². The second-order valence-corrected chi connectivity index (χ2v) is 7.18. The smallest absolute Gasteiger partial charge is 0.430 e. The molecule has 1 heterocycles. The van der Waals surface area contributed by atoms with Gasteiger partial charge in [0, 0.05) is 18.2 Å². The van der Waals surface area contributed by atoms with E-state index in [-0.39, 0.29) is 34.5 Å². The first-order valence-corrected chi connectivity index (χ1v) is 9.16. The highest BCUT2D eigenvalue weighted by Gasteiger charge is 2.47. The highest BCUT2D eigenvalue weighted by Crippen LogP contribution is 2.51. The van der Waals surface area contributed by atoms with Crippen molar-refractivity contribution in [2.45, 2.75) is 43.8 Å². The first-order chi connectivity index (χ1) is 13.4. The van der Waals surface area contributed by atoms with Gasteiger partial charge in [0.1, 0.15) is 11.4 Å². The van der Waals surface area contributed by atoms with Crippen molar-refractivity contribution in [1.82, 2.24) is 0 Å². The molecule has 2 aliphatic rings. The van der Waals surface area contributed by atoms with Gasteiger partial charge < -0.3 is 14.2 Å². The summed E-state index contributed by atoms with van der Waals surface area (Å²) in [5.74, 6) is -3.03. The van der Waals surface area contributed by atoms with Crippen LogP contribution < -0.4 is 9.47 Å². The molecule has 0 bridgehead atoms. The zero-order valence-corrected chi connectivity index (χ0v) is 15.5. The summed E-state index contributed by atoms with van der Waals surface area (Å²) in [7, 11) is 2.86. The van der Waals surface area contributed by atoms with E-state index in [1.54, 1.807) is 7.11 Å². The normalized spacial score (nSPS) is 22.8. The summed E-state index contributed by atoms with van der Waals surface area (Å²) in [5.41, 5.74) is -0.586. The van der Waals surface area contributed by atoms with Crippen LogP contribution in [0.5, 0.6) is 11.5 Å². The molecule has 1 fully saturated rings. The van der Waals surface area contributed by atoms with Crippen molar-refractivity contribution in [2.75, 3.05) is 14.2 Å². The quantitative estimate of drug-likeness (QED) is 0.618. The lowest BCUT2D eigenvalue weighted by Crippen LogP contribution is -2.29. The van der Waals surface area contributed by atoms with E-state index in [9.17, 15) is 13.2 Å². The second kappa shape index (κ2) is 6.95. The van der Waals surface area contributed by atoms with Gasteiger partial charge in [-0.05, 0) is 49.3 Å². The molecular formula is C21H20F4O3. The maximum Gasteiger partial charge on any atom is 0.430 e. The molecule has 2 aromatic carbocycles. The van der Waals surface area contributed by atoms with Crippen LogP contribution in [0.2, 0.25) is 0 Å². The van der Waals surface area contributed by atoms with Gasteiger partial charge in [-0.15, -0.1) is 0 Å². The molecule has 4 rings (SSSR count). The first kappa shape index (κ1) is 19.1. The number of halogens is 4. The second-order valence-electron chi connectivity index (χ2n) is 7.18. The Labute approximate surface area is 160 Å². The molecule has 3 nitrogen and oxygen atoms in total. The van der Waals surface area contributed by atoms with Crippen LogP contribution >= 0.6 is 0 Å². The molecule has 7 heteroatoms. The van der Waals surface area contributed by atoms with Crippen LogP contribution in [0.4, 0.5) is 17.6 Å². The number of hydrogen-bond donors (Lipinski definition) is 0. The molecule has 1 aliphatic heterocycles. The number of fused-ring (bicyclic) bond motifs is 3. The van der Waals surface area contributed by atoms with E-state index in [1.165, 1.54) is 31.4 Å². The molecular weight excluding hydrogens is 376 g/mol. The Kier molecular flexibility index (Phi) is 4.73. The number of rotatable bonds is 3. The first-order valence-electron chi connectivity index (χ1n) is 9.16. The Morgan fingerprint density at radius 3 is 2.25 bits per heavy atom. The Hall–Kier alpha value is -2.28. The van der Waals surface area contributed by atoms with Crippen molar-refractivity contribution >= 4 is 0 Å². The molecule has 0 atom stereocenters. The number of hydrogen-bond acceptors (Lipinski definition) is 3. The van der Waals surface area contributed by atoms with Gasteiger partial charge in [0.2, 0.25) is 5.82 Å². The van der Waals surface area contributed by atoms with Gasteiger partial charge in [-0.1, -0.05) is 12.1 Å². The predicted octanol–water partition coefficient (Wildman–Crippen LogP) is 5.75. The molecule has 2 aromatic rings. The van der Waals surface area contributed by atoms with Crippen LogP contribution in [0.15, 0.2) is 24.3 Å². The Balaban J connectivity index is 1.80. The number of methoxy groups -OCH3 is 2. The lowest BCUT2D eigenvalue weighted by molar-refractivity contribution is -0.190. The monoisotopic (exact) mass is 396 g/mol. The molecule has 0 amide bonds. The summed E-state index contributed by atoms with van der Waals surface area (Å²) in [4.78, 5) is 0. The van der Waals surface area contributed by atoms with Crippen molar-refractivity contribution in [3.05, 3.63) is 47.0 Å². The van der Waals surface area contributed by atoms with Crippen molar-refractivity contribution < 1.29 is 31.8 Å². The molecule has 1 saturated carbocycles. The van der Waals surface area contributed by atoms with Crippen molar-refractivity contribution in [3.8, 4) is 22.6 Å². The van der Waals surface area contributed by atoms with E-state index >= 15 is 4.39 Å². The molecule has 0 saturated heterocycles. The molecule has 0 unspecified atom stereocenters. The van der Waals surface area contributed by atoms with E-state index in [2.05, 4.69) is 4.74 Å². The third-order valence-electron chi connectivity index (χ3n) is 5.71. The van der Waals surface area contributed by atoms with Crippen molar-refractivity contribution in [1.29, 1.82) is 0 Å². The fourth-order valence-electron chi connectivity index (χ4n) is 4.21. The predicted molar refractivity (Wildman–Crippen MR) is 94.9 cm³/mol. The number of ether oxygens (including phenoxy) is 3. The van der Waals surface area contributed by atoms with E-state index in [0.29, 0.717) is 12.8 Å². The standard InChI is InChI=1S/C21H20F4O3/c1-26-12-5-3-11(4-6-12)13-7-8-14-15-9-10-16(27-2)19(23)20(15)28-21(24,25)17(14)18(13)22/h7-12H,3-6H2,1-2H3. The summed E-state index contributed by atoms with van der Waals surface area (Å²) in [6.07, 6.45) is -1.06. The maximum absolute atomic E-state index is 15.2. The van der Waals surface area contributed by atoms with Gasteiger partial charge >= 0.3 is 6.11 Å². The fourth-order valence-corrected chi connectivity index (χ4v) is 4.21. The topological polar surface area (TPSA) is 27.7 Å². The number of alkyl halides is 2. The minimum absolute atomic E-state index is 0.0698. The highest BCUT2D eigenvalue weighted by atomic mass is 19.3. The summed E-state index contributed by atoms with van der Waals surface area (Å²) in [5, 5.41) is 0. The zero-order valence-electron chi connectivity index (χ0n) is 15.5. The maximum atomic E-state index is 15.2. The van der Waals surface area contributed by atoms with E-state index in [1.807, 2.05) is 0 Å². The summed E-state index contributed by atoms with van der Waals surface area (Å²) in [6.45, 7) is 0. The van der Waals surface area contributed by atoms with Crippen molar-refractivity contribution in [2.24, 2.45) is 0 Å². The molecule has 0 radical (unpaired) electrons. The van der Waals surface area contributed by atoms with Crippen LogP contribution in [0.3, 0.4) is 0 Å². The third kappa shape index (κ3) is 2.92. The van der Waals surface area contributed by atoms with Gasteiger partial charge in [-0.25, -0.2) is 4.39 Å². The summed E-state index contributed by atoms with van der Waals surface area (Å²) in [6, 6.07) is 5.66. The molecule has 0 N–H and O–H groups in total. The van der Waals surface area contributed by atoms with Crippen LogP contribution in [0, 0.1) is 11.6 Å². The minimum atomic E-state index is -3.99. The Morgan fingerprint density at radius 1 is 0.929 bits per heavy atom. The van der Waals surface area contributed by atoms with Crippen LogP contribution in [-0.2, 0) is 10.8 Å². The zero-order chi connectivity index (χ0) is 20.1. The molecule has 0 spiro atoms. The van der Waals surface area contributed by atoms with Crippen LogP contribution in [0.1, 0.15) is 42.7 Å². The molecule has 0 aromatic heterocycles. The third-order valence-corrected chi connectivity index (χ3v) is 5.71. The van der Waals surface area contributed by atoms with E-state index in [4.69, 9.17) is 9.47 Å². The minimum Gasteiger partial charge on any atom is -0.494 e. The molecule has 150 valence electrons. The van der Waals surface area contributed by atoms with Crippen LogP contribution in [0.25, 0.3) is 11.1 Å².